The molecule has 1 heterocycles. The number of amides is 1. The molecule has 0 saturated carbocycles. The van der Waals surface area contributed by atoms with E-state index >= 15 is 0 Å². The van der Waals surface area contributed by atoms with Crippen molar-refractivity contribution in [2.45, 2.75) is 20.3 Å². The maximum atomic E-state index is 13.3. The van der Waals surface area contributed by atoms with Crippen molar-refractivity contribution in [1.82, 2.24) is 9.88 Å². The molecule has 0 unspecified atom stereocenters. The first-order valence-electron chi connectivity index (χ1n) is 9.37. The van der Waals surface area contributed by atoms with Gasteiger partial charge in [0.2, 0.25) is 0 Å². The van der Waals surface area contributed by atoms with Gasteiger partial charge in [0.05, 0.1) is 17.3 Å². The predicted octanol–water partition coefficient (Wildman–Crippen LogP) is 4.52. The summed E-state index contributed by atoms with van der Waals surface area (Å²) in [5.74, 6) is 0.761. The van der Waals surface area contributed by atoms with Gasteiger partial charge in [-0.1, -0.05) is 17.4 Å². The summed E-state index contributed by atoms with van der Waals surface area (Å²) >= 11 is 1.54. The number of hydrogen-bond donors (Lipinski definition) is 0. The second-order valence-electron chi connectivity index (χ2n) is 7.24. The van der Waals surface area contributed by atoms with Crippen molar-refractivity contribution in [2.75, 3.05) is 39.2 Å². The first-order valence-corrected chi connectivity index (χ1v) is 10.2. The molecule has 0 aliphatic heterocycles. The lowest BCUT2D eigenvalue weighted by Gasteiger charge is -2.21. The third-order valence-corrected chi connectivity index (χ3v) is 5.86. The number of anilines is 1. The highest BCUT2D eigenvalue weighted by Crippen LogP contribution is 2.32. The predicted molar refractivity (Wildman–Crippen MR) is 117 cm³/mol. The lowest BCUT2D eigenvalue weighted by molar-refractivity contribution is 0.0986. The summed E-state index contributed by atoms with van der Waals surface area (Å²) in [7, 11) is 5.73. The summed E-state index contributed by atoms with van der Waals surface area (Å²) in [6, 6.07) is 11.7. The molecule has 2 aromatic carbocycles. The van der Waals surface area contributed by atoms with E-state index in [1.165, 1.54) is 16.9 Å². The maximum absolute atomic E-state index is 13.3. The second-order valence-corrected chi connectivity index (χ2v) is 8.25. The minimum absolute atomic E-state index is 0.00660. The van der Waals surface area contributed by atoms with E-state index in [9.17, 15) is 4.79 Å². The van der Waals surface area contributed by atoms with E-state index in [1.807, 2.05) is 62.3 Å². The van der Waals surface area contributed by atoms with Gasteiger partial charge in [-0.3, -0.25) is 9.69 Å². The minimum Gasteiger partial charge on any atom is -0.497 e. The van der Waals surface area contributed by atoms with Crippen molar-refractivity contribution >= 4 is 32.6 Å². The number of benzene rings is 2. The zero-order chi connectivity index (χ0) is 20.3. The topological polar surface area (TPSA) is 45.7 Å². The van der Waals surface area contributed by atoms with E-state index in [0.717, 1.165) is 39.6 Å². The Labute approximate surface area is 170 Å². The van der Waals surface area contributed by atoms with Crippen molar-refractivity contribution in [1.29, 1.82) is 0 Å². The van der Waals surface area contributed by atoms with Gasteiger partial charge >= 0.3 is 0 Å². The molecule has 0 spiro atoms. The smallest absolute Gasteiger partial charge is 0.260 e. The van der Waals surface area contributed by atoms with Gasteiger partial charge in [0.1, 0.15) is 5.75 Å². The van der Waals surface area contributed by atoms with E-state index in [0.29, 0.717) is 12.1 Å². The van der Waals surface area contributed by atoms with Crippen molar-refractivity contribution in [2.24, 2.45) is 0 Å². The molecule has 28 heavy (non-hydrogen) atoms. The highest BCUT2D eigenvalue weighted by molar-refractivity contribution is 7.22. The molecule has 1 amide bonds. The number of ether oxygens (including phenoxy) is 1. The number of methoxy groups -OCH3 is 1. The standard InChI is InChI=1S/C22H27N3O2S/c1-15-7-8-17(13-16(15)2)21(26)25(12-6-11-24(3)4)22-23-19-14-18(27-5)9-10-20(19)28-22/h7-10,13-14H,6,11-12H2,1-5H3. The third kappa shape index (κ3) is 4.51. The number of thiazole rings is 1. The first-order chi connectivity index (χ1) is 13.4. The van der Waals surface area contributed by atoms with Gasteiger partial charge in [-0.05, 0) is 76.3 Å². The Bertz CT molecular complexity index is 981. The number of fused-ring (bicyclic) bond motifs is 1. The van der Waals surface area contributed by atoms with Crippen molar-refractivity contribution in [3.05, 3.63) is 53.1 Å². The van der Waals surface area contributed by atoms with Crippen LogP contribution in [0.15, 0.2) is 36.4 Å². The number of carbonyl (C=O) groups is 1. The number of hydrogen-bond acceptors (Lipinski definition) is 5. The van der Waals surface area contributed by atoms with Crippen LogP contribution in [0.25, 0.3) is 10.2 Å². The zero-order valence-electron chi connectivity index (χ0n) is 17.2. The fourth-order valence-electron chi connectivity index (χ4n) is 3.00. The van der Waals surface area contributed by atoms with E-state index < -0.39 is 0 Å². The van der Waals surface area contributed by atoms with Crippen LogP contribution in [0.1, 0.15) is 27.9 Å². The maximum Gasteiger partial charge on any atom is 0.260 e. The minimum atomic E-state index is -0.00660. The summed E-state index contributed by atoms with van der Waals surface area (Å²) in [5.41, 5.74) is 3.85. The van der Waals surface area contributed by atoms with E-state index in [4.69, 9.17) is 9.72 Å². The summed E-state index contributed by atoms with van der Waals surface area (Å²) in [6.45, 7) is 5.63. The molecule has 1 aromatic heterocycles. The largest absolute Gasteiger partial charge is 0.497 e. The van der Waals surface area contributed by atoms with Gasteiger partial charge in [-0.2, -0.15) is 0 Å². The van der Waals surface area contributed by atoms with E-state index in [1.54, 1.807) is 7.11 Å². The van der Waals surface area contributed by atoms with Crippen LogP contribution >= 0.6 is 11.3 Å². The Morgan fingerprint density at radius 1 is 1.07 bits per heavy atom. The van der Waals surface area contributed by atoms with E-state index in [-0.39, 0.29) is 5.91 Å². The Balaban J connectivity index is 1.95. The van der Waals surface area contributed by atoms with Gasteiger partial charge in [0.15, 0.2) is 5.13 Å². The van der Waals surface area contributed by atoms with Crippen LogP contribution in [0.3, 0.4) is 0 Å². The normalized spacial score (nSPS) is 11.2. The molecule has 3 rings (SSSR count). The molecule has 6 heteroatoms. The fraction of sp³-hybridized carbons (Fsp3) is 0.364. The molecular formula is C22H27N3O2S. The molecule has 148 valence electrons. The molecule has 0 radical (unpaired) electrons. The van der Waals surface area contributed by atoms with E-state index in [2.05, 4.69) is 11.8 Å². The summed E-state index contributed by atoms with van der Waals surface area (Å²) < 4.78 is 6.35. The number of rotatable bonds is 7. The Morgan fingerprint density at radius 2 is 1.86 bits per heavy atom. The van der Waals surface area contributed by atoms with Crippen molar-refractivity contribution in [3.63, 3.8) is 0 Å². The molecule has 0 saturated heterocycles. The van der Waals surface area contributed by atoms with Gasteiger partial charge < -0.3 is 9.64 Å². The van der Waals surface area contributed by atoms with Crippen LogP contribution in [0.5, 0.6) is 5.75 Å². The summed E-state index contributed by atoms with van der Waals surface area (Å²) in [5, 5.41) is 0.727. The SMILES string of the molecule is COc1ccc2sc(N(CCCN(C)C)C(=O)c3ccc(C)c(C)c3)nc2c1. The third-order valence-electron chi connectivity index (χ3n) is 4.80. The van der Waals surface area contributed by atoms with Crippen LogP contribution in [-0.4, -0.2) is 50.1 Å². The molecule has 0 bridgehead atoms. The average molecular weight is 398 g/mol. The van der Waals surface area contributed by atoms with Crippen LogP contribution < -0.4 is 9.64 Å². The number of aryl methyl sites for hydroxylation is 2. The molecular weight excluding hydrogens is 370 g/mol. The van der Waals surface area contributed by atoms with Crippen LogP contribution in [-0.2, 0) is 0 Å². The first kappa shape index (κ1) is 20.3. The summed E-state index contributed by atoms with van der Waals surface area (Å²) in [4.78, 5) is 22.0. The second kappa shape index (κ2) is 8.71. The van der Waals surface area contributed by atoms with Crippen molar-refractivity contribution < 1.29 is 9.53 Å². The van der Waals surface area contributed by atoms with Gasteiger partial charge in [0.25, 0.3) is 5.91 Å². The van der Waals surface area contributed by atoms with Crippen LogP contribution in [0.4, 0.5) is 5.13 Å². The average Bonchev–Trinajstić information content (AvgIpc) is 3.09. The van der Waals surface area contributed by atoms with Crippen LogP contribution in [0.2, 0.25) is 0 Å². The van der Waals surface area contributed by atoms with Gasteiger partial charge in [0, 0.05) is 18.2 Å². The van der Waals surface area contributed by atoms with Gasteiger partial charge in [-0.15, -0.1) is 0 Å². The molecule has 0 aliphatic rings. The lowest BCUT2D eigenvalue weighted by atomic mass is 10.1. The summed E-state index contributed by atoms with van der Waals surface area (Å²) in [6.07, 6.45) is 0.878. The number of nitrogens with zero attached hydrogens (tertiary/aromatic N) is 3. The van der Waals surface area contributed by atoms with Crippen LogP contribution in [0, 0.1) is 13.8 Å². The Kier molecular flexibility index (Phi) is 6.31. The molecule has 0 atom stereocenters. The molecule has 0 fully saturated rings. The molecule has 5 nitrogen and oxygen atoms in total. The monoisotopic (exact) mass is 397 g/mol. The quantitative estimate of drug-likeness (QED) is 0.588. The molecule has 0 aliphatic carbocycles. The number of carbonyl (C=O) groups excluding carboxylic acids is 1. The lowest BCUT2D eigenvalue weighted by Crippen LogP contribution is -2.33. The fourth-order valence-corrected chi connectivity index (χ4v) is 3.97. The highest BCUT2D eigenvalue weighted by atomic mass is 32.1. The Hall–Kier alpha value is -2.44. The molecule has 0 N–H and O–H groups in total. The number of aromatic nitrogens is 1. The zero-order valence-corrected chi connectivity index (χ0v) is 18.0. The highest BCUT2D eigenvalue weighted by Gasteiger charge is 2.21. The van der Waals surface area contributed by atoms with Crippen molar-refractivity contribution in [3.8, 4) is 5.75 Å². The Morgan fingerprint density at radius 3 is 2.54 bits per heavy atom. The molecule has 3 aromatic rings. The van der Waals surface area contributed by atoms with Gasteiger partial charge in [-0.25, -0.2) is 4.98 Å².